The number of rotatable bonds is 6. The van der Waals surface area contributed by atoms with Gasteiger partial charge in [0.15, 0.2) is 0 Å². The smallest absolute Gasteiger partial charge is 0.246 e. The van der Waals surface area contributed by atoms with Crippen molar-refractivity contribution in [3.8, 4) is 5.75 Å². The lowest BCUT2D eigenvalue weighted by atomic mass is 9.85. The van der Waals surface area contributed by atoms with Crippen molar-refractivity contribution in [1.29, 1.82) is 0 Å². The average Bonchev–Trinajstić information content (AvgIpc) is 2.93. The highest BCUT2D eigenvalue weighted by molar-refractivity contribution is 7.89. The predicted octanol–water partition coefficient (Wildman–Crippen LogP) is 0.835. The van der Waals surface area contributed by atoms with Crippen LogP contribution in [0, 0.1) is 11.8 Å². The van der Waals surface area contributed by atoms with Crippen LogP contribution in [0.15, 0.2) is 35.2 Å². The summed E-state index contributed by atoms with van der Waals surface area (Å²) in [5, 5.41) is 2.55. The number of benzene rings is 1. The van der Waals surface area contributed by atoms with E-state index in [0.29, 0.717) is 12.8 Å². The first-order chi connectivity index (χ1) is 13.7. The Hall–Kier alpha value is -2.72. The quantitative estimate of drug-likeness (QED) is 0.538. The summed E-state index contributed by atoms with van der Waals surface area (Å²) >= 11 is 0. The molecule has 1 aliphatic carbocycles. The van der Waals surface area contributed by atoms with E-state index in [-0.39, 0.29) is 28.1 Å². The van der Waals surface area contributed by atoms with Gasteiger partial charge in [0, 0.05) is 19.8 Å². The number of nitrogens with one attached hydrogen (secondary N) is 1. The van der Waals surface area contributed by atoms with E-state index in [4.69, 9.17) is 4.74 Å². The van der Waals surface area contributed by atoms with Crippen LogP contribution >= 0.6 is 0 Å². The molecule has 3 rings (SSSR count). The van der Waals surface area contributed by atoms with Gasteiger partial charge in [0.1, 0.15) is 17.2 Å². The Morgan fingerprint density at radius 1 is 1.17 bits per heavy atom. The number of carbonyl (C=O) groups excluding carboxylic acids is 3. The van der Waals surface area contributed by atoms with Crippen molar-refractivity contribution in [3.05, 3.63) is 30.4 Å². The summed E-state index contributed by atoms with van der Waals surface area (Å²) in [6.07, 6.45) is 4.75. The Labute approximate surface area is 169 Å². The van der Waals surface area contributed by atoms with E-state index in [1.165, 1.54) is 39.4 Å². The van der Waals surface area contributed by atoms with Crippen molar-refractivity contribution in [1.82, 2.24) is 9.21 Å². The molecule has 156 valence electrons. The van der Waals surface area contributed by atoms with Gasteiger partial charge in [-0.1, -0.05) is 12.2 Å². The Balaban J connectivity index is 1.76. The molecule has 0 aromatic heterocycles. The topological polar surface area (TPSA) is 113 Å². The van der Waals surface area contributed by atoms with Gasteiger partial charge in [-0.2, -0.15) is 0 Å². The summed E-state index contributed by atoms with van der Waals surface area (Å²) in [6.45, 7) is -0.410. The molecule has 0 radical (unpaired) electrons. The zero-order valence-corrected chi connectivity index (χ0v) is 17.2. The number of anilines is 1. The summed E-state index contributed by atoms with van der Waals surface area (Å²) in [6, 6.07) is 4.20. The van der Waals surface area contributed by atoms with Crippen molar-refractivity contribution in [2.75, 3.05) is 33.1 Å². The van der Waals surface area contributed by atoms with Crippen LogP contribution in [0.3, 0.4) is 0 Å². The van der Waals surface area contributed by atoms with Gasteiger partial charge < -0.3 is 10.1 Å². The van der Waals surface area contributed by atoms with Gasteiger partial charge in [0.25, 0.3) is 0 Å². The van der Waals surface area contributed by atoms with Gasteiger partial charge in [-0.15, -0.1) is 0 Å². The van der Waals surface area contributed by atoms with Crippen LogP contribution in [0.25, 0.3) is 0 Å². The molecule has 0 unspecified atom stereocenters. The van der Waals surface area contributed by atoms with Crippen LogP contribution in [0.1, 0.15) is 12.8 Å². The van der Waals surface area contributed by atoms with Crippen molar-refractivity contribution in [3.63, 3.8) is 0 Å². The summed E-state index contributed by atoms with van der Waals surface area (Å²) in [4.78, 5) is 38.3. The maximum absolute atomic E-state index is 12.5. The fourth-order valence-corrected chi connectivity index (χ4v) is 4.60. The highest BCUT2D eigenvalue weighted by Gasteiger charge is 2.47. The maximum Gasteiger partial charge on any atom is 0.246 e. The molecule has 2 aliphatic rings. The number of sulfonamides is 1. The Kier molecular flexibility index (Phi) is 5.76. The van der Waals surface area contributed by atoms with Crippen LogP contribution in [0.2, 0.25) is 0 Å². The third-order valence-electron chi connectivity index (χ3n) is 5.11. The first-order valence-corrected chi connectivity index (χ1v) is 10.5. The van der Waals surface area contributed by atoms with Crippen LogP contribution in [-0.4, -0.2) is 63.1 Å². The first-order valence-electron chi connectivity index (χ1n) is 9.07. The number of methoxy groups -OCH3 is 1. The molecule has 1 fully saturated rings. The fourth-order valence-electron chi connectivity index (χ4n) is 3.52. The molecule has 1 N–H and O–H groups in total. The van der Waals surface area contributed by atoms with Gasteiger partial charge in [-0.25, -0.2) is 12.7 Å². The molecule has 0 bridgehead atoms. The average molecular weight is 421 g/mol. The Bertz CT molecular complexity index is 960. The summed E-state index contributed by atoms with van der Waals surface area (Å²) in [5.74, 6) is -1.94. The third-order valence-corrected chi connectivity index (χ3v) is 6.94. The monoisotopic (exact) mass is 421 g/mol. The van der Waals surface area contributed by atoms with Gasteiger partial charge >= 0.3 is 0 Å². The van der Waals surface area contributed by atoms with Crippen molar-refractivity contribution in [2.45, 2.75) is 17.7 Å². The number of ether oxygens (including phenoxy) is 1. The predicted molar refractivity (Wildman–Crippen MR) is 105 cm³/mol. The van der Waals surface area contributed by atoms with E-state index in [9.17, 15) is 22.8 Å². The summed E-state index contributed by atoms with van der Waals surface area (Å²) in [7, 11) is 0.323. The van der Waals surface area contributed by atoms with Crippen LogP contribution in [-0.2, 0) is 24.4 Å². The Morgan fingerprint density at radius 2 is 1.76 bits per heavy atom. The van der Waals surface area contributed by atoms with Crippen molar-refractivity contribution in [2.24, 2.45) is 11.8 Å². The summed E-state index contributed by atoms with van der Waals surface area (Å²) in [5.41, 5.74) is 0.217. The molecule has 2 atom stereocenters. The molecule has 29 heavy (non-hydrogen) atoms. The number of fused-ring (bicyclic) bond motifs is 1. The third kappa shape index (κ3) is 3.90. The van der Waals surface area contributed by atoms with Gasteiger partial charge in [-0.3, -0.25) is 19.3 Å². The lowest BCUT2D eigenvalue weighted by molar-refractivity contribution is -0.142. The van der Waals surface area contributed by atoms with E-state index in [1.54, 1.807) is 0 Å². The molecule has 1 saturated heterocycles. The van der Waals surface area contributed by atoms with E-state index in [1.807, 2.05) is 12.2 Å². The molecule has 10 heteroatoms. The lowest BCUT2D eigenvalue weighted by Crippen LogP contribution is -2.38. The minimum atomic E-state index is -3.80. The van der Waals surface area contributed by atoms with Gasteiger partial charge in [-0.05, 0) is 31.0 Å². The van der Waals surface area contributed by atoms with E-state index < -0.39 is 34.3 Å². The highest BCUT2D eigenvalue weighted by atomic mass is 32.2. The number of amides is 3. The molecule has 1 aliphatic heterocycles. The van der Waals surface area contributed by atoms with E-state index in [0.717, 1.165) is 9.21 Å². The first kappa shape index (κ1) is 21.0. The van der Waals surface area contributed by atoms with Crippen molar-refractivity contribution >= 4 is 33.4 Å². The molecule has 1 aromatic carbocycles. The zero-order chi connectivity index (χ0) is 21.3. The van der Waals surface area contributed by atoms with Gasteiger partial charge in [0.2, 0.25) is 27.7 Å². The SMILES string of the molecule is COc1ccc(NC(=O)CN2C(=O)[C@H]3CC=CC[C@H]3C2=O)cc1S(=O)(=O)N(C)C. The lowest BCUT2D eigenvalue weighted by Gasteiger charge is -2.17. The number of allylic oxidation sites excluding steroid dienone is 2. The zero-order valence-electron chi connectivity index (χ0n) is 16.4. The molecule has 1 aromatic rings. The number of nitrogens with zero attached hydrogens (tertiary/aromatic N) is 2. The number of hydrogen-bond acceptors (Lipinski definition) is 6. The molecule has 1 heterocycles. The van der Waals surface area contributed by atoms with Crippen LogP contribution in [0.5, 0.6) is 5.75 Å². The molecule has 0 spiro atoms. The number of carbonyl (C=O) groups is 3. The normalized spacial score (nSPS) is 21.4. The molecular weight excluding hydrogens is 398 g/mol. The number of likely N-dealkylation sites (tertiary alicyclic amines) is 1. The maximum atomic E-state index is 12.5. The van der Waals surface area contributed by atoms with Crippen LogP contribution in [0.4, 0.5) is 5.69 Å². The second kappa shape index (κ2) is 7.96. The molecule has 9 nitrogen and oxygen atoms in total. The minimum absolute atomic E-state index is 0.104. The van der Waals surface area contributed by atoms with Crippen molar-refractivity contribution < 1.29 is 27.5 Å². The molecule has 0 saturated carbocycles. The van der Waals surface area contributed by atoms with E-state index in [2.05, 4.69) is 5.32 Å². The number of imide groups is 1. The molecular formula is C19H23N3O6S. The largest absolute Gasteiger partial charge is 0.495 e. The summed E-state index contributed by atoms with van der Waals surface area (Å²) < 4.78 is 31.1. The second-order valence-electron chi connectivity index (χ2n) is 7.12. The number of hydrogen-bond donors (Lipinski definition) is 1. The minimum Gasteiger partial charge on any atom is -0.495 e. The Morgan fingerprint density at radius 3 is 2.28 bits per heavy atom. The standard InChI is InChI=1S/C19H23N3O6S/c1-21(2)29(26,27)16-10-12(8-9-15(16)28-3)20-17(23)11-22-18(24)13-6-4-5-7-14(13)19(22)25/h4-5,8-10,13-14H,6-7,11H2,1-3H3,(H,20,23)/t13-,14+. The van der Waals surface area contributed by atoms with Crippen LogP contribution < -0.4 is 10.1 Å². The molecule has 3 amide bonds. The second-order valence-corrected chi connectivity index (χ2v) is 9.24. The highest BCUT2D eigenvalue weighted by Crippen LogP contribution is 2.35. The van der Waals surface area contributed by atoms with E-state index >= 15 is 0 Å². The fraction of sp³-hybridized carbons (Fsp3) is 0.421. The van der Waals surface area contributed by atoms with Gasteiger partial charge in [0.05, 0.1) is 18.9 Å².